The molecule has 0 fully saturated rings. The highest BCUT2D eigenvalue weighted by atomic mass is 32.1. The monoisotopic (exact) mass is 343 g/mol. The maximum absolute atomic E-state index is 5.57. The number of aryl methyl sites for hydroxylation is 1. The zero-order chi connectivity index (χ0) is 17.5. The molecule has 128 valence electrons. The number of amidine groups is 1. The largest absolute Gasteiger partial charge is 0.496 e. The zero-order valence-electron chi connectivity index (χ0n) is 15.0. The third kappa shape index (κ3) is 4.23. The van der Waals surface area contributed by atoms with Crippen molar-refractivity contribution >= 4 is 17.2 Å². The van der Waals surface area contributed by atoms with Crippen LogP contribution < -0.4 is 10.1 Å². The van der Waals surface area contributed by atoms with Crippen LogP contribution in [0.4, 0.5) is 0 Å². The molecule has 0 aliphatic rings. The van der Waals surface area contributed by atoms with Gasteiger partial charge in [-0.3, -0.25) is 4.99 Å². The van der Waals surface area contributed by atoms with Crippen LogP contribution in [0.1, 0.15) is 35.8 Å². The fourth-order valence-corrected chi connectivity index (χ4v) is 3.16. The lowest BCUT2D eigenvalue weighted by Crippen LogP contribution is -2.20. The molecule has 4 nitrogen and oxygen atoms in total. The van der Waals surface area contributed by atoms with E-state index in [1.165, 1.54) is 4.88 Å². The minimum atomic E-state index is 0.827. The molecule has 0 bridgehead atoms. The van der Waals surface area contributed by atoms with Crippen LogP contribution >= 0.6 is 11.3 Å². The number of thiazole rings is 1. The van der Waals surface area contributed by atoms with E-state index in [1.807, 2.05) is 25.4 Å². The molecular weight excluding hydrogens is 318 g/mol. The van der Waals surface area contributed by atoms with Crippen LogP contribution in [0.5, 0.6) is 5.75 Å². The van der Waals surface area contributed by atoms with Crippen LogP contribution in [0, 0.1) is 13.8 Å². The van der Waals surface area contributed by atoms with Crippen molar-refractivity contribution < 1.29 is 4.74 Å². The minimum Gasteiger partial charge on any atom is -0.496 e. The normalized spacial score (nSPS) is 12.0. The van der Waals surface area contributed by atoms with Crippen molar-refractivity contribution in [2.75, 3.05) is 14.2 Å². The van der Waals surface area contributed by atoms with Gasteiger partial charge in [0.2, 0.25) is 0 Å². The predicted molar refractivity (Wildman–Crippen MR) is 103 cm³/mol. The SMILES string of the molecule is CCC/C=C/NC(=NC)c1cc(-c2ncc(C)s2)cc(OC)c1C. The second-order valence-corrected chi connectivity index (χ2v) is 6.77. The van der Waals surface area contributed by atoms with Gasteiger partial charge in [-0.1, -0.05) is 19.4 Å². The molecule has 0 radical (unpaired) electrons. The molecule has 1 N–H and O–H groups in total. The smallest absolute Gasteiger partial charge is 0.132 e. The molecular formula is C19H25N3OS. The number of nitrogens with one attached hydrogen (secondary N) is 1. The highest BCUT2D eigenvalue weighted by Gasteiger charge is 2.14. The number of allylic oxidation sites excluding steroid dienone is 1. The number of benzene rings is 1. The van der Waals surface area contributed by atoms with Crippen molar-refractivity contribution in [3.63, 3.8) is 0 Å². The number of rotatable bonds is 6. The van der Waals surface area contributed by atoms with Gasteiger partial charge in [-0.15, -0.1) is 11.3 Å². The first-order valence-corrected chi connectivity index (χ1v) is 8.92. The van der Waals surface area contributed by atoms with Crippen molar-refractivity contribution in [2.45, 2.75) is 33.6 Å². The number of unbranched alkanes of at least 4 members (excludes halogenated alkanes) is 1. The van der Waals surface area contributed by atoms with E-state index >= 15 is 0 Å². The Kier molecular flexibility index (Phi) is 6.55. The number of ether oxygens (including phenoxy) is 1. The van der Waals surface area contributed by atoms with Gasteiger partial charge >= 0.3 is 0 Å². The third-order valence-electron chi connectivity index (χ3n) is 3.72. The molecule has 0 aliphatic heterocycles. The maximum Gasteiger partial charge on any atom is 0.132 e. The standard InChI is InChI=1S/C19H25N3OS/c1-6-7-8-9-21-18(20-4)16-10-15(11-17(23-5)14(16)3)19-22-12-13(2)24-19/h8-12H,6-7H2,1-5H3,(H,20,21)/b9-8+. The first kappa shape index (κ1) is 18.2. The average Bonchev–Trinajstić information content (AvgIpc) is 3.02. The number of aliphatic imine (C=N–C) groups is 1. The van der Waals surface area contributed by atoms with E-state index in [1.54, 1.807) is 25.5 Å². The molecule has 2 aromatic rings. The lowest BCUT2D eigenvalue weighted by molar-refractivity contribution is 0.412. The summed E-state index contributed by atoms with van der Waals surface area (Å²) in [6, 6.07) is 4.16. The van der Waals surface area contributed by atoms with Crippen LogP contribution in [0.25, 0.3) is 10.6 Å². The Morgan fingerprint density at radius 3 is 2.75 bits per heavy atom. The number of hydrogen-bond donors (Lipinski definition) is 1. The first-order chi connectivity index (χ1) is 11.6. The quantitative estimate of drug-likeness (QED) is 0.610. The number of aromatic nitrogens is 1. The Bertz CT molecular complexity index is 747. The van der Waals surface area contributed by atoms with Gasteiger partial charge in [0.1, 0.15) is 16.6 Å². The summed E-state index contributed by atoms with van der Waals surface area (Å²) in [7, 11) is 3.49. The van der Waals surface area contributed by atoms with E-state index in [9.17, 15) is 0 Å². The van der Waals surface area contributed by atoms with E-state index in [0.717, 1.165) is 46.1 Å². The predicted octanol–water partition coefficient (Wildman–Crippen LogP) is 4.72. The molecule has 2 rings (SSSR count). The Labute approximate surface area is 148 Å². The van der Waals surface area contributed by atoms with E-state index in [2.05, 4.69) is 41.3 Å². The Balaban J connectivity index is 2.43. The highest BCUT2D eigenvalue weighted by molar-refractivity contribution is 7.14. The third-order valence-corrected chi connectivity index (χ3v) is 4.68. The summed E-state index contributed by atoms with van der Waals surface area (Å²) >= 11 is 1.68. The van der Waals surface area contributed by atoms with Crippen molar-refractivity contribution in [1.29, 1.82) is 0 Å². The summed E-state index contributed by atoms with van der Waals surface area (Å²) in [5.74, 6) is 1.67. The van der Waals surface area contributed by atoms with Crippen LogP contribution in [0.2, 0.25) is 0 Å². The van der Waals surface area contributed by atoms with Gasteiger partial charge in [0.05, 0.1) is 7.11 Å². The molecule has 0 unspecified atom stereocenters. The summed E-state index contributed by atoms with van der Waals surface area (Å²) < 4.78 is 5.57. The Morgan fingerprint density at radius 1 is 1.38 bits per heavy atom. The molecule has 0 saturated carbocycles. The van der Waals surface area contributed by atoms with Crippen LogP contribution in [0.15, 0.2) is 35.6 Å². The van der Waals surface area contributed by atoms with Crippen molar-refractivity contribution in [2.24, 2.45) is 4.99 Å². The van der Waals surface area contributed by atoms with Crippen LogP contribution in [-0.4, -0.2) is 25.0 Å². The van der Waals surface area contributed by atoms with Crippen molar-refractivity contribution in [3.8, 4) is 16.3 Å². The molecule has 1 aromatic carbocycles. The summed E-state index contributed by atoms with van der Waals surface area (Å²) in [4.78, 5) is 10.1. The topological polar surface area (TPSA) is 46.5 Å². The Morgan fingerprint density at radius 2 is 2.17 bits per heavy atom. The molecule has 0 spiro atoms. The van der Waals surface area contributed by atoms with Gasteiger partial charge < -0.3 is 10.1 Å². The molecule has 1 aromatic heterocycles. The summed E-state index contributed by atoms with van der Waals surface area (Å²) in [5.41, 5.74) is 3.14. The van der Waals surface area contributed by atoms with Gasteiger partial charge in [0.25, 0.3) is 0 Å². The van der Waals surface area contributed by atoms with Gasteiger partial charge in [-0.25, -0.2) is 4.98 Å². The molecule has 5 heteroatoms. The van der Waals surface area contributed by atoms with E-state index in [4.69, 9.17) is 4.74 Å². The van der Waals surface area contributed by atoms with E-state index in [-0.39, 0.29) is 0 Å². The minimum absolute atomic E-state index is 0.827. The number of methoxy groups -OCH3 is 1. The fourth-order valence-electron chi connectivity index (χ4n) is 2.41. The maximum atomic E-state index is 5.57. The average molecular weight is 343 g/mol. The lowest BCUT2D eigenvalue weighted by Gasteiger charge is -2.14. The van der Waals surface area contributed by atoms with Gasteiger partial charge in [-0.05, 0) is 38.6 Å². The molecule has 0 aliphatic carbocycles. The zero-order valence-corrected chi connectivity index (χ0v) is 15.8. The summed E-state index contributed by atoms with van der Waals surface area (Å²) in [6.45, 7) is 6.27. The number of hydrogen-bond acceptors (Lipinski definition) is 4. The van der Waals surface area contributed by atoms with Crippen molar-refractivity contribution in [3.05, 3.63) is 46.6 Å². The molecule has 0 saturated heterocycles. The van der Waals surface area contributed by atoms with Crippen LogP contribution in [0.3, 0.4) is 0 Å². The molecule has 0 atom stereocenters. The van der Waals surface area contributed by atoms with Crippen molar-refractivity contribution in [1.82, 2.24) is 10.3 Å². The molecule has 1 heterocycles. The fraction of sp³-hybridized carbons (Fsp3) is 0.368. The summed E-state index contributed by atoms with van der Waals surface area (Å²) in [5, 5.41) is 4.28. The first-order valence-electron chi connectivity index (χ1n) is 8.10. The van der Waals surface area contributed by atoms with Gasteiger partial charge in [-0.2, -0.15) is 0 Å². The molecule has 0 amide bonds. The Hall–Kier alpha value is -2.14. The summed E-state index contributed by atoms with van der Waals surface area (Å²) in [6.07, 6.45) is 8.14. The van der Waals surface area contributed by atoms with E-state index < -0.39 is 0 Å². The van der Waals surface area contributed by atoms with Crippen LogP contribution in [-0.2, 0) is 0 Å². The number of nitrogens with zero attached hydrogens (tertiary/aromatic N) is 2. The molecule has 24 heavy (non-hydrogen) atoms. The van der Waals surface area contributed by atoms with Gasteiger partial charge in [0, 0.05) is 34.8 Å². The lowest BCUT2D eigenvalue weighted by atomic mass is 10.0. The second kappa shape index (κ2) is 8.64. The highest BCUT2D eigenvalue weighted by Crippen LogP contribution is 2.32. The van der Waals surface area contributed by atoms with Gasteiger partial charge in [0.15, 0.2) is 0 Å². The second-order valence-electron chi connectivity index (χ2n) is 5.53. The van der Waals surface area contributed by atoms with E-state index in [0.29, 0.717) is 0 Å².